The Balaban J connectivity index is 1.46. The van der Waals surface area contributed by atoms with Gasteiger partial charge in [0.15, 0.2) is 0 Å². The number of hydrogen-bond acceptors (Lipinski definition) is 3. The number of rotatable bonds is 4. The summed E-state index contributed by atoms with van der Waals surface area (Å²) < 4.78 is 5.48. The first-order chi connectivity index (χ1) is 9.24. The number of nitrogens with zero attached hydrogens (tertiary/aromatic N) is 1. The Morgan fingerprint density at radius 3 is 2.79 bits per heavy atom. The summed E-state index contributed by atoms with van der Waals surface area (Å²) in [5.74, 6) is 0.0159. The summed E-state index contributed by atoms with van der Waals surface area (Å²) in [4.78, 5) is 25.9. The van der Waals surface area contributed by atoms with Gasteiger partial charge in [-0.25, -0.2) is 0 Å². The van der Waals surface area contributed by atoms with E-state index in [0.29, 0.717) is 25.6 Å². The van der Waals surface area contributed by atoms with Gasteiger partial charge in [-0.05, 0) is 32.1 Å². The van der Waals surface area contributed by atoms with Crippen molar-refractivity contribution < 1.29 is 14.3 Å². The zero-order valence-corrected chi connectivity index (χ0v) is 11.3. The lowest BCUT2D eigenvalue weighted by molar-refractivity contribution is -0.131. The smallest absolute Gasteiger partial charge is 0.225 e. The Labute approximate surface area is 113 Å². The first-order valence-electron chi connectivity index (χ1n) is 7.43. The fourth-order valence-corrected chi connectivity index (χ4v) is 3.12. The fraction of sp³-hybridized carbons (Fsp3) is 0.857. The number of hydrogen-bond donors (Lipinski definition) is 1. The normalized spacial score (nSPS) is 31.6. The van der Waals surface area contributed by atoms with Crippen LogP contribution in [0.15, 0.2) is 0 Å². The maximum Gasteiger partial charge on any atom is 0.225 e. The van der Waals surface area contributed by atoms with Crippen molar-refractivity contribution in [2.24, 2.45) is 5.92 Å². The third-order valence-electron chi connectivity index (χ3n) is 4.57. The van der Waals surface area contributed by atoms with Gasteiger partial charge in [0.2, 0.25) is 11.8 Å². The van der Waals surface area contributed by atoms with Crippen LogP contribution in [-0.2, 0) is 14.3 Å². The van der Waals surface area contributed by atoms with E-state index in [9.17, 15) is 9.59 Å². The number of carbonyl (C=O) groups is 2. The van der Waals surface area contributed by atoms with Crippen molar-refractivity contribution in [2.75, 3.05) is 19.7 Å². The second-order valence-electron chi connectivity index (χ2n) is 5.91. The average molecular weight is 266 g/mol. The molecule has 2 heterocycles. The second-order valence-corrected chi connectivity index (χ2v) is 5.91. The van der Waals surface area contributed by atoms with E-state index in [1.54, 1.807) is 0 Å². The molecular formula is C14H22N2O3. The topological polar surface area (TPSA) is 58.6 Å². The van der Waals surface area contributed by atoms with Gasteiger partial charge in [-0.15, -0.1) is 0 Å². The molecule has 1 aliphatic carbocycles. The highest BCUT2D eigenvalue weighted by Crippen LogP contribution is 2.30. The van der Waals surface area contributed by atoms with E-state index in [1.165, 1.54) is 6.42 Å². The quantitative estimate of drug-likeness (QED) is 0.814. The van der Waals surface area contributed by atoms with Gasteiger partial charge in [-0.1, -0.05) is 0 Å². The van der Waals surface area contributed by atoms with Crippen molar-refractivity contribution in [1.82, 2.24) is 10.2 Å². The molecule has 0 radical (unpaired) electrons. The van der Waals surface area contributed by atoms with Gasteiger partial charge in [0.05, 0.1) is 12.0 Å². The van der Waals surface area contributed by atoms with Gasteiger partial charge in [0, 0.05) is 32.2 Å². The van der Waals surface area contributed by atoms with Crippen LogP contribution < -0.4 is 5.32 Å². The molecule has 0 aromatic heterocycles. The molecule has 1 N–H and O–H groups in total. The van der Waals surface area contributed by atoms with Crippen molar-refractivity contribution in [2.45, 2.75) is 50.7 Å². The second kappa shape index (κ2) is 5.49. The molecular weight excluding hydrogens is 244 g/mol. The molecule has 2 unspecified atom stereocenters. The summed E-state index contributed by atoms with van der Waals surface area (Å²) in [6, 6.07) is 0.406. The third-order valence-corrected chi connectivity index (χ3v) is 4.57. The van der Waals surface area contributed by atoms with Crippen molar-refractivity contribution in [3.8, 4) is 0 Å². The van der Waals surface area contributed by atoms with Gasteiger partial charge in [-0.3, -0.25) is 9.59 Å². The monoisotopic (exact) mass is 266 g/mol. The summed E-state index contributed by atoms with van der Waals surface area (Å²) in [6.45, 7) is 2.01. The molecule has 1 saturated carbocycles. The molecule has 3 rings (SSSR count). The average Bonchev–Trinajstić information content (AvgIpc) is 2.95. The lowest BCUT2D eigenvalue weighted by Crippen LogP contribution is -2.42. The molecule has 106 valence electrons. The van der Waals surface area contributed by atoms with Crippen LogP contribution in [0, 0.1) is 5.92 Å². The summed E-state index contributed by atoms with van der Waals surface area (Å²) in [7, 11) is 0. The van der Waals surface area contributed by atoms with E-state index in [4.69, 9.17) is 4.74 Å². The van der Waals surface area contributed by atoms with Crippen LogP contribution in [0.4, 0.5) is 0 Å². The highest BCUT2D eigenvalue weighted by atomic mass is 16.5. The van der Waals surface area contributed by atoms with Crippen LogP contribution in [-0.4, -0.2) is 48.6 Å². The van der Waals surface area contributed by atoms with Crippen LogP contribution in [0.1, 0.15) is 38.5 Å². The van der Waals surface area contributed by atoms with Gasteiger partial charge in [-0.2, -0.15) is 0 Å². The Morgan fingerprint density at radius 1 is 1.32 bits per heavy atom. The zero-order chi connectivity index (χ0) is 13.2. The summed E-state index contributed by atoms with van der Waals surface area (Å²) in [5.41, 5.74) is 0. The number of likely N-dealkylation sites (tertiary alicyclic amines) is 1. The van der Waals surface area contributed by atoms with Crippen LogP contribution in [0.5, 0.6) is 0 Å². The molecule has 5 nitrogen and oxygen atoms in total. The van der Waals surface area contributed by atoms with Gasteiger partial charge < -0.3 is 15.0 Å². The minimum atomic E-state index is -0.158. The minimum absolute atomic E-state index is 0.0191. The predicted octanol–water partition coefficient (Wildman–Crippen LogP) is 0.683. The minimum Gasteiger partial charge on any atom is -0.376 e. The molecule has 0 bridgehead atoms. The summed E-state index contributed by atoms with van der Waals surface area (Å²) in [6.07, 6.45) is 6.09. The van der Waals surface area contributed by atoms with E-state index in [2.05, 4.69) is 5.32 Å². The van der Waals surface area contributed by atoms with E-state index < -0.39 is 0 Å². The number of carbonyl (C=O) groups excluding carboxylic acids is 2. The van der Waals surface area contributed by atoms with Crippen LogP contribution >= 0.6 is 0 Å². The zero-order valence-electron chi connectivity index (χ0n) is 11.3. The van der Waals surface area contributed by atoms with Crippen LogP contribution in [0.3, 0.4) is 0 Å². The largest absolute Gasteiger partial charge is 0.376 e. The Bertz CT molecular complexity index is 362. The van der Waals surface area contributed by atoms with E-state index in [-0.39, 0.29) is 23.8 Å². The van der Waals surface area contributed by atoms with Crippen molar-refractivity contribution in [3.63, 3.8) is 0 Å². The lowest BCUT2D eigenvalue weighted by atomic mass is 9.92. The van der Waals surface area contributed by atoms with Gasteiger partial charge in [0.1, 0.15) is 0 Å². The highest BCUT2D eigenvalue weighted by molar-refractivity contribution is 5.89. The third kappa shape index (κ3) is 2.76. The maximum atomic E-state index is 12.1. The summed E-state index contributed by atoms with van der Waals surface area (Å²) >= 11 is 0. The first-order valence-corrected chi connectivity index (χ1v) is 7.43. The Hall–Kier alpha value is -1.10. The van der Waals surface area contributed by atoms with Crippen molar-refractivity contribution in [3.05, 3.63) is 0 Å². The van der Waals surface area contributed by atoms with Crippen LogP contribution in [0.25, 0.3) is 0 Å². The highest BCUT2D eigenvalue weighted by Gasteiger charge is 2.39. The number of ether oxygens (including phenoxy) is 1. The molecule has 2 saturated heterocycles. The first kappa shape index (κ1) is 12.9. The standard InChI is InChI=1S/C14H22N2O3/c17-13-7-10(9-16(13)11-3-1-4-11)14(18)15-8-12-5-2-6-19-12/h10-12H,1-9H2,(H,15,18). The molecule has 5 heteroatoms. The number of nitrogens with one attached hydrogen (secondary N) is 1. The molecule has 0 aromatic rings. The fourth-order valence-electron chi connectivity index (χ4n) is 3.12. The maximum absolute atomic E-state index is 12.1. The molecule has 3 fully saturated rings. The SMILES string of the molecule is O=C(NCC1CCCO1)C1CC(=O)N(C2CCC2)C1. The number of amides is 2. The van der Waals surface area contributed by atoms with Crippen LogP contribution in [0.2, 0.25) is 0 Å². The predicted molar refractivity (Wildman–Crippen MR) is 69.4 cm³/mol. The van der Waals surface area contributed by atoms with Crippen molar-refractivity contribution in [1.29, 1.82) is 0 Å². The van der Waals surface area contributed by atoms with E-state index in [1.807, 2.05) is 4.90 Å². The van der Waals surface area contributed by atoms with Crippen molar-refractivity contribution >= 4 is 11.8 Å². The lowest BCUT2D eigenvalue weighted by Gasteiger charge is -2.34. The molecule has 19 heavy (non-hydrogen) atoms. The van der Waals surface area contributed by atoms with Gasteiger partial charge in [0.25, 0.3) is 0 Å². The Kier molecular flexibility index (Phi) is 3.73. The molecule has 2 aliphatic heterocycles. The van der Waals surface area contributed by atoms with Gasteiger partial charge >= 0.3 is 0 Å². The summed E-state index contributed by atoms with van der Waals surface area (Å²) in [5, 5.41) is 2.94. The molecule has 2 amide bonds. The van der Waals surface area contributed by atoms with E-state index in [0.717, 1.165) is 32.3 Å². The van der Waals surface area contributed by atoms with E-state index >= 15 is 0 Å². The molecule has 0 spiro atoms. The molecule has 0 aromatic carbocycles. The molecule has 3 aliphatic rings. The Morgan fingerprint density at radius 2 is 2.16 bits per heavy atom. The molecule has 2 atom stereocenters.